The van der Waals surface area contributed by atoms with Gasteiger partial charge in [0.1, 0.15) is 0 Å². The molecule has 0 spiro atoms. The lowest BCUT2D eigenvalue weighted by molar-refractivity contribution is 0.704. The maximum Gasteiger partial charge on any atom is 0.0543 e. The molecule has 0 bridgehead atoms. The Bertz CT molecular complexity index is 485. The van der Waals surface area contributed by atoms with Crippen molar-refractivity contribution >= 4 is 34.0 Å². The van der Waals surface area contributed by atoms with Crippen LogP contribution >= 0.6 is 23.2 Å². The van der Waals surface area contributed by atoms with Crippen LogP contribution in [0.5, 0.6) is 0 Å². The van der Waals surface area contributed by atoms with Crippen molar-refractivity contribution in [3.05, 3.63) is 47.5 Å². The molecule has 0 nitrogen and oxygen atoms in total. The van der Waals surface area contributed by atoms with Crippen molar-refractivity contribution < 1.29 is 0 Å². The molecule has 0 heterocycles. The fraction of sp³-hybridized carbons (Fsp3) is 0.286. The second-order valence-electron chi connectivity index (χ2n) is 4.41. The Morgan fingerprint density at radius 1 is 0.812 bits per heavy atom. The summed E-state index contributed by atoms with van der Waals surface area (Å²) >= 11 is 12.4. The summed E-state index contributed by atoms with van der Waals surface area (Å²) in [7, 11) is 0. The lowest BCUT2D eigenvalue weighted by Gasteiger charge is -2.25. The van der Waals surface area contributed by atoms with Crippen LogP contribution in [-0.2, 0) is 12.8 Å². The molecule has 1 aliphatic carbocycles. The Kier molecular flexibility index (Phi) is 2.57. The molecule has 0 aliphatic heterocycles. The van der Waals surface area contributed by atoms with E-state index < -0.39 is 0 Å². The first-order valence-electron chi connectivity index (χ1n) is 5.53. The Morgan fingerprint density at radius 3 is 1.69 bits per heavy atom. The smallest absolute Gasteiger partial charge is 0.0543 e. The quantitative estimate of drug-likeness (QED) is 0.617. The van der Waals surface area contributed by atoms with Crippen LogP contribution in [0.3, 0.4) is 0 Å². The fourth-order valence-corrected chi connectivity index (χ4v) is 2.90. The zero-order valence-electron chi connectivity index (χ0n) is 8.79. The first kappa shape index (κ1) is 10.4. The largest absolute Gasteiger partial charge is 0.121 e. The third kappa shape index (κ3) is 1.70. The minimum absolute atomic E-state index is 0.0651. The van der Waals surface area contributed by atoms with Gasteiger partial charge in [0.05, 0.1) is 10.8 Å². The number of hydrogen-bond acceptors (Lipinski definition) is 0. The Balaban J connectivity index is 2.17. The molecule has 2 heteroatoms. The van der Waals surface area contributed by atoms with E-state index in [4.69, 9.17) is 23.2 Å². The van der Waals surface area contributed by atoms with Gasteiger partial charge in [-0.3, -0.25) is 0 Å². The number of alkyl halides is 2. The number of rotatable bonds is 0. The maximum absolute atomic E-state index is 6.21. The van der Waals surface area contributed by atoms with Crippen molar-refractivity contribution in [3.8, 4) is 0 Å². The van der Waals surface area contributed by atoms with Crippen LogP contribution in [0.2, 0.25) is 0 Å². The lowest BCUT2D eigenvalue weighted by Crippen LogP contribution is -2.26. The summed E-state index contributed by atoms with van der Waals surface area (Å²) < 4.78 is 0. The van der Waals surface area contributed by atoms with Crippen LogP contribution in [0.4, 0.5) is 0 Å². The van der Waals surface area contributed by atoms with Crippen molar-refractivity contribution in [2.45, 2.75) is 23.6 Å². The topological polar surface area (TPSA) is 0 Å². The Labute approximate surface area is 105 Å². The maximum atomic E-state index is 6.21. The van der Waals surface area contributed by atoms with E-state index in [2.05, 4.69) is 36.4 Å². The SMILES string of the molecule is ClC1Cc2cc3ccccc3cc2CC1Cl. The predicted molar refractivity (Wildman–Crippen MR) is 70.6 cm³/mol. The van der Waals surface area contributed by atoms with Gasteiger partial charge in [-0.25, -0.2) is 0 Å². The zero-order chi connectivity index (χ0) is 11.1. The summed E-state index contributed by atoms with van der Waals surface area (Å²) in [5, 5.41) is 2.71. The standard InChI is InChI=1S/C14H12Cl2/c15-13-7-11-5-9-3-1-2-4-10(9)6-12(11)8-14(13)16/h1-6,13-14H,7-8H2. The van der Waals surface area contributed by atoms with Gasteiger partial charge in [0.2, 0.25) is 0 Å². The Hall–Kier alpha value is -0.720. The molecule has 16 heavy (non-hydrogen) atoms. The van der Waals surface area contributed by atoms with Crippen molar-refractivity contribution in [2.75, 3.05) is 0 Å². The minimum Gasteiger partial charge on any atom is -0.121 e. The van der Waals surface area contributed by atoms with E-state index in [1.165, 1.54) is 21.9 Å². The summed E-state index contributed by atoms with van der Waals surface area (Å²) in [6.07, 6.45) is 1.77. The Morgan fingerprint density at radius 2 is 1.25 bits per heavy atom. The highest BCUT2D eigenvalue weighted by Crippen LogP contribution is 2.31. The molecule has 1 aliphatic rings. The van der Waals surface area contributed by atoms with Crippen LogP contribution < -0.4 is 0 Å². The number of fused-ring (bicyclic) bond motifs is 2. The summed E-state index contributed by atoms with van der Waals surface area (Å²) in [5.74, 6) is 0. The summed E-state index contributed by atoms with van der Waals surface area (Å²) in [4.78, 5) is 0. The molecule has 0 amide bonds. The van der Waals surface area contributed by atoms with Crippen LogP contribution in [0, 0.1) is 0 Å². The molecule has 3 rings (SSSR count). The second-order valence-corrected chi connectivity index (χ2v) is 5.53. The normalized spacial score (nSPS) is 24.4. The third-order valence-corrected chi connectivity index (χ3v) is 4.34. The van der Waals surface area contributed by atoms with E-state index in [9.17, 15) is 0 Å². The van der Waals surface area contributed by atoms with Crippen LogP contribution in [-0.4, -0.2) is 10.8 Å². The molecule has 2 aromatic carbocycles. The van der Waals surface area contributed by atoms with Gasteiger partial charge in [0.15, 0.2) is 0 Å². The van der Waals surface area contributed by atoms with E-state index in [1.807, 2.05) is 0 Å². The zero-order valence-corrected chi connectivity index (χ0v) is 10.3. The van der Waals surface area contributed by atoms with Crippen LogP contribution in [0.25, 0.3) is 10.8 Å². The average molecular weight is 251 g/mol. The van der Waals surface area contributed by atoms with Gasteiger partial charge >= 0.3 is 0 Å². The summed E-state index contributed by atoms with van der Waals surface area (Å²) in [6.45, 7) is 0. The van der Waals surface area contributed by atoms with Gasteiger partial charge in [0, 0.05) is 0 Å². The van der Waals surface area contributed by atoms with Crippen LogP contribution in [0.15, 0.2) is 36.4 Å². The second kappa shape index (κ2) is 3.94. The molecule has 0 saturated carbocycles. The number of halogens is 2. The number of benzene rings is 2. The highest BCUT2D eigenvalue weighted by atomic mass is 35.5. The van der Waals surface area contributed by atoms with E-state index in [0.717, 1.165) is 12.8 Å². The van der Waals surface area contributed by atoms with Gasteiger partial charge in [-0.15, -0.1) is 23.2 Å². The molecule has 2 unspecified atom stereocenters. The molecule has 2 aromatic rings. The highest BCUT2D eigenvalue weighted by molar-refractivity contribution is 6.30. The van der Waals surface area contributed by atoms with Gasteiger partial charge in [-0.1, -0.05) is 36.4 Å². The summed E-state index contributed by atoms with van der Waals surface area (Å²) in [5.41, 5.74) is 2.71. The lowest BCUT2D eigenvalue weighted by atomic mass is 9.89. The van der Waals surface area contributed by atoms with Gasteiger partial charge in [-0.2, -0.15) is 0 Å². The van der Waals surface area contributed by atoms with Crippen molar-refractivity contribution in [1.82, 2.24) is 0 Å². The predicted octanol–water partition coefficient (Wildman–Crippen LogP) is 4.15. The van der Waals surface area contributed by atoms with Gasteiger partial charge in [0.25, 0.3) is 0 Å². The monoisotopic (exact) mass is 250 g/mol. The van der Waals surface area contributed by atoms with Gasteiger partial charge in [-0.05, 0) is 34.7 Å². The first-order valence-corrected chi connectivity index (χ1v) is 6.40. The van der Waals surface area contributed by atoms with Crippen molar-refractivity contribution in [3.63, 3.8) is 0 Å². The fourth-order valence-electron chi connectivity index (χ4n) is 2.39. The minimum atomic E-state index is 0.0651. The van der Waals surface area contributed by atoms with Crippen molar-refractivity contribution in [1.29, 1.82) is 0 Å². The van der Waals surface area contributed by atoms with E-state index in [-0.39, 0.29) is 10.8 Å². The van der Waals surface area contributed by atoms with E-state index in [1.54, 1.807) is 0 Å². The molecule has 0 fully saturated rings. The van der Waals surface area contributed by atoms with Gasteiger partial charge < -0.3 is 0 Å². The van der Waals surface area contributed by atoms with E-state index in [0.29, 0.717) is 0 Å². The molecular weight excluding hydrogens is 239 g/mol. The number of hydrogen-bond donors (Lipinski definition) is 0. The summed E-state index contributed by atoms with van der Waals surface area (Å²) in [6, 6.07) is 12.9. The van der Waals surface area contributed by atoms with Crippen molar-refractivity contribution in [2.24, 2.45) is 0 Å². The molecule has 0 N–H and O–H groups in total. The molecule has 0 aromatic heterocycles. The molecule has 0 saturated heterocycles. The first-order chi connectivity index (χ1) is 7.74. The van der Waals surface area contributed by atoms with E-state index >= 15 is 0 Å². The van der Waals surface area contributed by atoms with Crippen LogP contribution in [0.1, 0.15) is 11.1 Å². The molecular formula is C14H12Cl2. The molecule has 82 valence electrons. The third-order valence-electron chi connectivity index (χ3n) is 3.29. The molecule has 2 atom stereocenters. The molecule has 0 radical (unpaired) electrons. The highest BCUT2D eigenvalue weighted by Gasteiger charge is 2.25. The average Bonchev–Trinajstić information content (AvgIpc) is 2.28.